The van der Waals surface area contributed by atoms with E-state index in [4.69, 9.17) is 16.3 Å². The molecular formula is C11H7ClINO3. The summed E-state index contributed by atoms with van der Waals surface area (Å²) in [6.07, 6.45) is 0. The summed E-state index contributed by atoms with van der Waals surface area (Å²) in [5.41, 5.74) is -0.313. The van der Waals surface area contributed by atoms with Gasteiger partial charge in [0, 0.05) is 10.4 Å². The molecule has 0 saturated heterocycles. The number of aromatic nitrogens is 1. The number of ether oxygens (including phenoxy) is 1. The monoisotopic (exact) mass is 363 g/mol. The van der Waals surface area contributed by atoms with Crippen LogP contribution in [-0.2, 0) is 0 Å². The van der Waals surface area contributed by atoms with Gasteiger partial charge in [-0.1, -0.05) is 11.6 Å². The maximum atomic E-state index is 12.1. The number of H-pyrrole nitrogens is 1. The lowest BCUT2D eigenvalue weighted by atomic mass is 10.2. The van der Waals surface area contributed by atoms with Gasteiger partial charge in [-0.15, -0.1) is 0 Å². The van der Waals surface area contributed by atoms with Gasteiger partial charge in [-0.05, 0) is 40.8 Å². The molecule has 1 N–H and O–H groups in total. The summed E-state index contributed by atoms with van der Waals surface area (Å²) in [5, 5.41) is 0.854. The first kappa shape index (κ1) is 12.4. The summed E-state index contributed by atoms with van der Waals surface area (Å²) in [6.45, 7) is 0. The van der Waals surface area contributed by atoms with Crippen molar-refractivity contribution in [2.75, 3.05) is 7.11 Å². The van der Waals surface area contributed by atoms with Crippen molar-refractivity contribution in [2.45, 2.75) is 0 Å². The van der Waals surface area contributed by atoms with E-state index in [2.05, 4.69) is 4.98 Å². The van der Waals surface area contributed by atoms with Gasteiger partial charge in [0.25, 0.3) is 5.56 Å². The molecule has 6 heteroatoms. The Bertz CT molecular complexity index is 711. The number of hydrogen-bond acceptors (Lipinski definition) is 3. The predicted molar refractivity (Wildman–Crippen MR) is 75.1 cm³/mol. The van der Waals surface area contributed by atoms with Crippen LogP contribution in [0.4, 0.5) is 0 Å². The van der Waals surface area contributed by atoms with E-state index in [9.17, 15) is 9.59 Å². The summed E-state index contributed by atoms with van der Waals surface area (Å²) in [7, 11) is 1.35. The van der Waals surface area contributed by atoms with E-state index < -0.39 is 5.56 Å². The molecule has 17 heavy (non-hydrogen) atoms. The lowest BCUT2D eigenvalue weighted by Gasteiger charge is -1.93. The molecule has 4 nitrogen and oxygen atoms in total. The fourth-order valence-electron chi connectivity index (χ4n) is 1.50. The second kappa shape index (κ2) is 4.66. The van der Waals surface area contributed by atoms with Crippen LogP contribution < -0.4 is 15.7 Å². The highest BCUT2D eigenvalue weighted by molar-refractivity contribution is 14.1. The Kier molecular flexibility index (Phi) is 3.39. The van der Waals surface area contributed by atoms with E-state index in [1.165, 1.54) is 13.2 Å². The second-order valence-corrected chi connectivity index (χ2v) is 4.84. The molecule has 2 aromatic rings. The SMILES string of the molecule is COc1c(I)c(=O)c2ccc(Cl)cc2[nH]c1=O. The number of benzene rings is 1. The number of halogens is 2. The summed E-state index contributed by atoms with van der Waals surface area (Å²) in [5.74, 6) is 0.0166. The van der Waals surface area contributed by atoms with Crippen molar-refractivity contribution in [3.05, 3.63) is 47.4 Å². The van der Waals surface area contributed by atoms with Crippen molar-refractivity contribution < 1.29 is 4.74 Å². The Morgan fingerprint density at radius 3 is 2.71 bits per heavy atom. The highest BCUT2D eigenvalue weighted by Gasteiger charge is 2.11. The average Bonchev–Trinajstić information content (AvgIpc) is 2.36. The Morgan fingerprint density at radius 2 is 2.06 bits per heavy atom. The van der Waals surface area contributed by atoms with E-state index in [0.29, 0.717) is 15.9 Å². The van der Waals surface area contributed by atoms with Crippen LogP contribution in [0.25, 0.3) is 10.9 Å². The number of methoxy groups -OCH3 is 1. The van der Waals surface area contributed by atoms with E-state index in [0.717, 1.165) is 0 Å². The van der Waals surface area contributed by atoms with Gasteiger partial charge in [-0.25, -0.2) is 0 Å². The third-order valence-corrected chi connectivity index (χ3v) is 3.50. The van der Waals surface area contributed by atoms with Gasteiger partial charge in [0.15, 0.2) is 0 Å². The van der Waals surface area contributed by atoms with Crippen LogP contribution >= 0.6 is 34.2 Å². The molecule has 0 bridgehead atoms. The minimum atomic E-state index is -0.453. The van der Waals surface area contributed by atoms with Gasteiger partial charge in [-0.2, -0.15) is 0 Å². The Morgan fingerprint density at radius 1 is 1.35 bits per heavy atom. The van der Waals surface area contributed by atoms with E-state index >= 15 is 0 Å². The lowest BCUT2D eigenvalue weighted by molar-refractivity contribution is 0.406. The van der Waals surface area contributed by atoms with Crippen molar-refractivity contribution in [1.82, 2.24) is 4.98 Å². The molecule has 1 aromatic carbocycles. The van der Waals surface area contributed by atoms with Crippen molar-refractivity contribution >= 4 is 45.1 Å². The Labute approximate surface area is 115 Å². The number of fused-ring (bicyclic) bond motifs is 1. The quantitative estimate of drug-likeness (QED) is 0.790. The van der Waals surface area contributed by atoms with E-state index in [-0.39, 0.29) is 14.7 Å². The third-order valence-electron chi connectivity index (χ3n) is 2.28. The second-order valence-electron chi connectivity index (χ2n) is 3.32. The number of aromatic amines is 1. The maximum Gasteiger partial charge on any atom is 0.292 e. The molecule has 0 aliphatic rings. The van der Waals surface area contributed by atoms with Gasteiger partial charge < -0.3 is 9.72 Å². The first-order valence-corrected chi connectivity index (χ1v) is 6.09. The topological polar surface area (TPSA) is 59.2 Å². The highest BCUT2D eigenvalue weighted by Crippen LogP contribution is 2.17. The highest BCUT2D eigenvalue weighted by atomic mass is 127. The van der Waals surface area contributed by atoms with Crippen molar-refractivity contribution in [3.8, 4) is 5.75 Å². The number of nitrogens with one attached hydrogen (secondary N) is 1. The Hall–Kier alpha value is -1.08. The van der Waals surface area contributed by atoms with E-state index in [1.54, 1.807) is 34.7 Å². The summed E-state index contributed by atoms with van der Waals surface area (Å²) >= 11 is 7.62. The predicted octanol–water partition coefficient (Wildman–Crippen LogP) is 2.15. The van der Waals surface area contributed by atoms with Crippen LogP contribution in [-0.4, -0.2) is 12.1 Å². The van der Waals surface area contributed by atoms with Crippen LogP contribution in [0.3, 0.4) is 0 Å². The lowest BCUT2D eigenvalue weighted by Crippen LogP contribution is -2.10. The van der Waals surface area contributed by atoms with Crippen molar-refractivity contribution in [2.24, 2.45) is 0 Å². The zero-order valence-corrected chi connectivity index (χ0v) is 11.6. The molecule has 0 aliphatic carbocycles. The molecular weight excluding hydrogens is 356 g/mol. The average molecular weight is 364 g/mol. The van der Waals surface area contributed by atoms with E-state index in [1.807, 2.05) is 0 Å². The molecule has 2 rings (SSSR count). The molecule has 0 amide bonds. The van der Waals surface area contributed by atoms with Gasteiger partial charge >= 0.3 is 0 Å². The van der Waals surface area contributed by atoms with Crippen molar-refractivity contribution in [3.63, 3.8) is 0 Å². The van der Waals surface area contributed by atoms with Crippen LogP contribution in [0, 0.1) is 3.57 Å². The summed E-state index contributed by atoms with van der Waals surface area (Å²) < 4.78 is 5.19. The molecule has 0 unspecified atom stereocenters. The molecule has 1 heterocycles. The molecule has 0 spiro atoms. The molecule has 0 saturated carbocycles. The Balaban J connectivity index is 3.10. The zero-order valence-electron chi connectivity index (χ0n) is 8.71. The molecule has 0 fully saturated rings. The fraction of sp³-hybridized carbons (Fsp3) is 0.0909. The first-order chi connectivity index (χ1) is 8.04. The van der Waals surface area contributed by atoms with Crippen LogP contribution in [0.5, 0.6) is 5.75 Å². The standard InChI is InChI=1S/C11H7ClINO3/c1-17-10-8(13)9(15)6-3-2-5(12)4-7(6)14-11(10)16/h2-4H,1H3,(H,14,16). The third kappa shape index (κ3) is 2.16. The number of rotatable bonds is 1. The maximum absolute atomic E-state index is 12.1. The first-order valence-electron chi connectivity index (χ1n) is 4.64. The summed E-state index contributed by atoms with van der Waals surface area (Å²) in [4.78, 5) is 26.5. The van der Waals surface area contributed by atoms with Crippen molar-refractivity contribution in [1.29, 1.82) is 0 Å². The van der Waals surface area contributed by atoms with Crippen LogP contribution in [0.1, 0.15) is 0 Å². The molecule has 88 valence electrons. The molecule has 0 atom stereocenters. The van der Waals surface area contributed by atoms with Crippen LogP contribution in [0.15, 0.2) is 27.8 Å². The van der Waals surface area contributed by atoms with Gasteiger partial charge in [-0.3, -0.25) is 9.59 Å². The minimum absolute atomic E-state index is 0.0166. The normalized spacial score (nSPS) is 10.5. The largest absolute Gasteiger partial charge is 0.490 e. The summed E-state index contributed by atoms with van der Waals surface area (Å²) in [6, 6.07) is 4.72. The smallest absolute Gasteiger partial charge is 0.292 e. The zero-order chi connectivity index (χ0) is 12.6. The van der Waals surface area contributed by atoms with Gasteiger partial charge in [0.05, 0.1) is 12.6 Å². The molecule has 0 aliphatic heterocycles. The number of hydrogen-bond donors (Lipinski definition) is 1. The van der Waals surface area contributed by atoms with Gasteiger partial charge in [0.1, 0.15) is 3.57 Å². The van der Waals surface area contributed by atoms with Crippen LogP contribution in [0.2, 0.25) is 5.02 Å². The van der Waals surface area contributed by atoms with Gasteiger partial charge in [0.2, 0.25) is 11.2 Å². The molecule has 1 aromatic heterocycles. The molecule has 0 radical (unpaired) electrons. The minimum Gasteiger partial charge on any atom is -0.490 e. The fourth-order valence-corrected chi connectivity index (χ4v) is 2.43.